The van der Waals surface area contributed by atoms with Crippen LogP contribution in [-0.4, -0.2) is 13.2 Å². The zero-order valence-corrected chi connectivity index (χ0v) is 11.3. The summed E-state index contributed by atoms with van der Waals surface area (Å²) in [5, 5.41) is 3.37. The Morgan fingerprint density at radius 2 is 2.11 bits per heavy atom. The van der Waals surface area contributed by atoms with Gasteiger partial charge < -0.3 is 14.5 Å². The molecule has 1 atom stereocenters. The second-order valence-electron chi connectivity index (χ2n) is 4.35. The fraction of sp³-hybridized carbons (Fsp3) is 0.250. The van der Waals surface area contributed by atoms with Gasteiger partial charge in [-0.25, -0.2) is 0 Å². The molecule has 1 aromatic carbocycles. The number of rotatable bonds is 6. The highest BCUT2D eigenvalue weighted by Crippen LogP contribution is 2.18. The highest BCUT2D eigenvalue weighted by atomic mass is 16.5. The third-order valence-electron chi connectivity index (χ3n) is 2.88. The molecule has 3 nitrogen and oxygen atoms in total. The number of ether oxygens (including phenoxy) is 1. The topological polar surface area (TPSA) is 34.4 Å². The van der Waals surface area contributed by atoms with E-state index in [0.29, 0.717) is 0 Å². The third-order valence-corrected chi connectivity index (χ3v) is 2.88. The lowest BCUT2D eigenvalue weighted by atomic mass is 10.1. The minimum absolute atomic E-state index is 0.259. The maximum Gasteiger partial charge on any atom is 0.126 e. The average Bonchev–Trinajstić information content (AvgIpc) is 2.96. The molecule has 2 aromatic rings. The summed E-state index contributed by atoms with van der Waals surface area (Å²) in [4.78, 5) is 0. The van der Waals surface area contributed by atoms with Gasteiger partial charge in [0.25, 0.3) is 0 Å². The number of nitrogens with one attached hydrogen (secondary N) is 1. The molecule has 0 spiro atoms. The molecule has 0 fully saturated rings. The van der Waals surface area contributed by atoms with Gasteiger partial charge in [0, 0.05) is 11.6 Å². The van der Waals surface area contributed by atoms with Crippen molar-refractivity contribution < 1.29 is 9.15 Å². The van der Waals surface area contributed by atoms with Crippen molar-refractivity contribution in [1.29, 1.82) is 0 Å². The number of hydrogen-bond acceptors (Lipinski definition) is 3. The van der Waals surface area contributed by atoms with Crippen LogP contribution in [0.1, 0.15) is 18.2 Å². The summed E-state index contributed by atoms with van der Waals surface area (Å²) in [6.45, 7) is 2.83. The van der Waals surface area contributed by atoms with Crippen LogP contribution in [0.2, 0.25) is 0 Å². The van der Waals surface area contributed by atoms with Crippen LogP contribution in [0.5, 0.6) is 5.75 Å². The van der Waals surface area contributed by atoms with Crippen molar-refractivity contribution in [3.05, 3.63) is 60.1 Å². The van der Waals surface area contributed by atoms with Crippen molar-refractivity contribution in [3.8, 4) is 5.75 Å². The van der Waals surface area contributed by atoms with Crippen molar-refractivity contribution in [2.75, 3.05) is 7.11 Å². The first-order valence-corrected chi connectivity index (χ1v) is 6.36. The van der Waals surface area contributed by atoms with Crippen LogP contribution >= 0.6 is 0 Å². The lowest BCUT2D eigenvalue weighted by Gasteiger charge is -2.08. The van der Waals surface area contributed by atoms with Crippen molar-refractivity contribution >= 4 is 6.08 Å². The van der Waals surface area contributed by atoms with E-state index in [9.17, 15) is 0 Å². The first kappa shape index (κ1) is 13.4. The Morgan fingerprint density at radius 3 is 2.84 bits per heavy atom. The van der Waals surface area contributed by atoms with Gasteiger partial charge in [-0.3, -0.25) is 0 Å². The fourth-order valence-electron chi connectivity index (χ4n) is 1.79. The second-order valence-corrected chi connectivity index (χ2v) is 4.35. The van der Waals surface area contributed by atoms with E-state index in [0.717, 1.165) is 23.6 Å². The highest BCUT2D eigenvalue weighted by Gasteiger charge is 2.00. The number of benzene rings is 1. The minimum atomic E-state index is 0.259. The molecule has 1 heterocycles. The summed E-state index contributed by atoms with van der Waals surface area (Å²) in [5.74, 6) is 1.83. The summed E-state index contributed by atoms with van der Waals surface area (Å²) < 4.78 is 10.6. The third kappa shape index (κ3) is 4.00. The van der Waals surface area contributed by atoms with Crippen LogP contribution in [0.15, 0.2) is 53.2 Å². The van der Waals surface area contributed by atoms with Crippen LogP contribution in [0.25, 0.3) is 6.08 Å². The molecule has 100 valence electrons. The molecule has 1 N–H and O–H groups in total. The van der Waals surface area contributed by atoms with E-state index in [1.807, 2.05) is 36.4 Å². The van der Waals surface area contributed by atoms with E-state index in [-0.39, 0.29) is 6.04 Å². The van der Waals surface area contributed by atoms with Gasteiger partial charge in [-0.1, -0.05) is 30.4 Å². The molecule has 0 aliphatic rings. The number of methoxy groups -OCH3 is 1. The summed E-state index contributed by atoms with van der Waals surface area (Å²) in [5.41, 5.74) is 1.08. The van der Waals surface area contributed by atoms with E-state index >= 15 is 0 Å². The van der Waals surface area contributed by atoms with Gasteiger partial charge in [-0.2, -0.15) is 0 Å². The van der Waals surface area contributed by atoms with Crippen LogP contribution in [0, 0.1) is 0 Å². The Morgan fingerprint density at radius 1 is 1.26 bits per heavy atom. The molecule has 1 aromatic heterocycles. The Kier molecular flexibility index (Phi) is 4.81. The Bertz CT molecular complexity index is 517. The molecule has 0 saturated heterocycles. The normalized spacial score (nSPS) is 12.7. The number of furan rings is 1. The monoisotopic (exact) mass is 257 g/mol. The Balaban J connectivity index is 1.90. The first-order valence-electron chi connectivity index (χ1n) is 6.36. The highest BCUT2D eigenvalue weighted by molar-refractivity contribution is 5.57. The van der Waals surface area contributed by atoms with E-state index in [2.05, 4.69) is 24.4 Å². The van der Waals surface area contributed by atoms with Gasteiger partial charge in [0.2, 0.25) is 0 Å². The average molecular weight is 257 g/mol. The van der Waals surface area contributed by atoms with Crippen LogP contribution < -0.4 is 10.1 Å². The molecular formula is C16H19NO2. The maximum atomic E-state index is 5.31. The van der Waals surface area contributed by atoms with E-state index in [1.165, 1.54) is 0 Å². The number of para-hydroxylation sites is 1. The van der Waals surface area contributed by atoms with E-state index < -0.39 is 0 Å². The first-order chi connectivity index (χ1) is 9.29. The van der Waals surface area contributed by atoms with Crippen molar-refractivity contribution in [2.45, 2.75) is 19.5 Å². The van der Waals surface area contributed by atoms with Gasteiger partial charge >= 0.3 is 0 Å². The van der Waals surface area contributed by atoms with E-state index in [4.69, 9.17) is 9.15 Å². The molecule has 0 saturated carbocycles. The van der Waals surface area contributed by atoms with E-state index in [1.54, 1.807) is 13.4 Å². The SMILES string of the molecule is COc1ccccc1/C=C/[C@H](C)NCc1ccco1. The maximum absolute atomic E-state index is 5.31. The van der Waals surface area contributed by atoms with Crippen molar-refractivity contribution in [1.82, 2.24) is 5.32 Å². The largest absolute Gasteiger partial charge is 0.496 e. The van der Waals surface area contributed by atoms with Crippen molar-refractivity contribution in [3.63, 3.8) is 0 Å². The fourth-order valence-corrected chi connectivity index (χ4v) is 1.79. The lowest BCUT2D eigenvalue weighted by molar-refractivity contribution is 0.414. The zero-order chi connectivity index (χ0) is 13.5. The predicted octanol–water partition coefficient (Wildman–Crippen LogP) is 3.48. The lowest BCUT2D eigenvalue weighted by Crippen LogP contribution is -2.22. The zero-order valence-electron chi connectivity index (χ0n) is 11.3. The molecule has 0 aliphatic carbocycles. The molecule has 3 heteroatoms. The quantitative estimate of drug-likeness (QED) is 0.860. The standard InChI is InChI=1S/C16H19NO2/c1-13(17-12-15-7-5-11-19-15)9-10-14-6-3-4-8-16(14)18-2/h3-11,13,17H,12H2,1-2H3/b10-9+/t13-/m0/s1. The summed E-state index contributed by atoms with van der Waals surface area (Å²) >= 11 is 0. The second kappa shape index (κ2) is 6.81. The van der Waals surface area contributed by atoms with Gasteiger partial charge in [0.1, 0.15) is 11.5 Å². The number of hydrogen-bond donors (Lipinski definition) is 1. The minimum Gasteiger partial charge on any atom is -0.496 e. The molecule has 0 bridgehead atoms. The summed E-state index contributed by atoms with van der Waals surface area (Å²) in [6, 6.07) is 12.1. The van der Waals surface area contributed by atoms with Crippen LogP contribution in [0.3, 0.4) is 0 Å². The summed E-state index contributed by atoms with van der Waals surface area (Å²) in [6.07, 6.45) is 5.87. The van der Waals surface area contributed by atoms with Crippen LogP contribution in [-0.2, 0) is 6.54 Å². The molecular weight excluding hydrogens is 238 g/mol. The van der Waals surface area contributed by atoms with Gasteiger partial charge in [0.05, 0.1) is 19.9 Å². The molecule has 0 aliphatic heterocycles. The summed E-state index contributed by atoms with van der Waals surface area (Å²) in [7, 11) is 1.69. The van der Waals surface area contributed by atoms with Gasteiger partial charge in [0.15, 0.2) is 0 Å². The molecule has 19 heavy (non-hydrogen) atoms. The Labute approximate surface area is 113 Å². The molecule has 0 unspecified atom stereocenters. The molecule has 0 amide bonds. The molecule has 2 rings (SSSR count). The molecule has 0 radical (unpaired) electrons. The Hall–Kier alpha value is -2.00. The van der Waals surface area contributed by atoms with Crippen molar-refractivity contribution in [2.24, 2.45) is 0 Å². The van der Waals surface area contributed by atoms with Crippen LogP contribution in [0.4, 0.5) is 0 Å². The predicted molar refractivity (Wildman–Crippen MR) is 77.0 cm³/mol. The smallest absolute Gasteiger partial charge is 0.126 e. The van der Waals surface area contributed by atoms with Gasteiger partial charge in [-0.15, -0.1) is 0 Å². The van der Waals surface area contributed by atoms with Gasteiger partial charge in [-0.05, 0) is 25.1 Å².